The number of hydrogen-bond acceptors (Lipinski definition) is 4. The van der Waals surface area contributed by atoms with E-state index in [2.05, 4.69) is 0 Å². The summed E-state index contributed by atoms with van der Waals surface area (Å²) < 4.78 is 10.9. The first-order valence-electron chi connectivity index (χ1n) is 10.1. The minimum absolute atomic E-state index is 0.0390. The Morgan fingerprint density at radius 2 is 1.83 bits per heavy atom. The van der Waals surface area contributed by atoms with Gasteiger partial charge in [0, 0.05) is 19.2 Å². The Morgan fingerprint density at radius 1 is 1.07 bits per heavy atom. The van der Waals surface area contributed by atoms with Crippen LogP contribution in [0.15, 0.2) is 60.7 Å². The van der Waals surface area contributed by atoms with Crippen molar-refractivity contribution in [1.29, 1.82) is 0 Å². The Bertz CT molecular complexity index is 839. The predicted octanol–water partition coefficient (Wildman–Crippen LogP) is 4.08. The Morgan fingerprint density at radius 3 is 2.55 bits per heavy atom. The molecule has 1 heterocycles. The van der Waals surface area contributed by atoms with E-state index in [1.165, 1.54) is 0 Å². The number of rotatable bonds is 7. The van der Waals surface area contributed by atoms with Crippen LogP contribution in [-0.2, 0) is 20.9 Å². The van der Waals surface area contributed by atoms with Gasteiger partial charge in [0.1, 0.15) is 12.4 Å². The van der Waals surface area contributed by atoms with E-state index in [0.29, 0.717) is 39.1 Å². The van der Waals surface area contributed by atoms with Crippen LogP contribution < -0.4 is 4.74 Å². The topological polar surface area (TPSA) is 55.8 Å². The van der Waals surface area contributed by atoms with Gasteiger partial charge in [-0.15, -0.1) is 0 Å². The van der Waals surface area contributed by atoms with Gasteiger partial charge >= 0.3 is 5.97 Å². The summed E-state index contributed by atoms with van der Waals surface area (Å²) in [5, 5.41) is 0. The second-order valence-corrected chi connectivity index (χ2v) is 7.03. The van der Waals surface area contributed by atoms with Gasteiger partial charge < -0.3 is 14.4 Å². The Kier molecular flexibility index (Phi) is 7.45. The number of ether oxygens (including phenoxy) is 2. The summed E-state index contributed by atoms with van der Waals surface area (Å²) in [6.07, 6.45) is 4.69. The van der Waals surface area contributed by atoms with E-state index in [0.717, 1.165) is 16.9 Å². The summed E-state index contributed by atoms with van der Waals surface area (Å²) in [5.74, 6) is 0.477. The van der Waals surface area contributed by atoms with Crippen LogP contribution in [0.4, 0.5) is 0 Å². The maximum absolute atomic E-state index is 12.5. The molecule has 3 rings (SSSR count). The summed E-state index contributed by atoms with van der Waals surface area (Å²) in [5.41, 5.74) is 2.01. The highest BCUT2D eigenvalue weighted by Crippen LogP contribution is 2.20. The molecule has 0 N–H and O–H groups in total. The zero-order chi connectivity index (χ0) is 20.5. The third-order valence-corrected chi connectivity index (χ3v) is 4.95. The normalized spacial score (nSPS) is 14.7. The molecule has 2 aromatic carbocycles. The molecular formula is C24H27NO4. The number of carbonyl (C=O) groups excluding carboxylic acids is 2. The van der Waals surface area contributed by atoms with Crippen molar-refractivity contribution in [2.45, 2.75) is 26.4 Å². The number of carbonyl (C=O) groups is 2. The molecule has 0 aromatic heterocycles. The molecule has 5 nitrogen and oxygen atoms in total. The lowest BCUT2D eigenvalue weighted by Gasteiger charge is -2.30. The first-order valence-corrected chi connectivity index (χ1v) is 10.1. The van der Waals surface area contributed by atoms with Gasteiger partial charge in [0.05, 0.1) is 12.5 Å². The maximum Gasteiger partial charge on any atom is 0.309 e. The molecule has 0 atom stereocenters. The van der Waals surface area contributed by atoms with Gasteiger partial charge in [0.2, 0.25) is 5.91 Å². The fraction of sp³-hybridized carbons (Fsp3) is 0.333. The van der Waals surface area contributed by atoms with Crippen molar-refractivity contribution in [2.24, 2.45) is 5.92 Å². The molecular weight excluding hydrogens is 366 g/mol. The average Bonchev–Trinajstić information content (AvgIpc) is 2.77. The molecule has 1 aliphatic rings. The monoisotopic (exact) mass is 393 g/mol. The van der Waals surface area contributed by atoms with Crippen LogP contribution in [-0.4, -0.2) is 36.5 Å². The predicted molar refractivity (Wildman–Crippen MR) is 112 cm³/mol. The number of hydrogen-bond donors (Lipinski definition) is 0. The minimum atomic E-state index is -0.151. The number of nitrogens with zero attached hydrogens (tertiary/aromatic N) is 1. The standard InChI is InChI=1S/C24H27NO4/c1-2-28-24(27)21-13-15-25(16-14-21)23(26)12-11-19-9-6-10-22(17-19)29-18-20-7-4-3-5-8-20/h3-12,17,21H,2,13-16,18H2,1H3/b12-11+. The number of piperidine rings is 1. The van der Waals surface area contributed by atoms with Crippen LogP contribution in [0.5, 0.6) is 5.75 Å². The molecule has 0 saturated carbocycles. The van der Waals surface area contributed by atoms with Crippen molar-refractivity contribution in [3.63, 3.8) is 0 Å². The molecule has 2 aromatic rings. The molecule has 1 saturated heterocycles. The molecule has 1 fully saturated rings. The summed E-state index contributed by atoms with van der Waals surface area (Å²) in [6, 6.07) is 17.7. The van der Waals surface area contributed by atoms with Crippen molar-refractivity contribution < 1.29 is 19.1 Å². The number of likely N-dealkylation sites (tertiary alicyclic amines) is 1. The molecule has 152 valence electrons. The SMILES string of the molecule is CCOC(=O)C1CCN(C(=O)/C=C/c2cccc(OCc3ccccc3)c2)CC1. The molecule has 0 aliphatic carbocycles. The summed E-state index contributed by atoms with van der Waals surface area (Å²) in [6.45, 7) is 3.86. The average molecular weight is 393 g/mol. The first kappa shape index (κ1) is 20.6. The zero-order valence-corrected chi connectivity index (χ0v) is 16.8. The quantitative estimate of drug-likeness (QED) is 0.525. The van der Waals surface area contributed by atoms with Crippen LogP contribution in [0.2, 0.25) is 0 Å². The van der Waals surface area contributed by atoms with Crippen molar-refractivity contribution >= 4 is 18.0 Å². The lowest BCUT2D eigenvalue weighted by molar-refractivity contribution is -0.150. The van der Waals surface area contributed by atoms with Crippen molar-refractivity contribution in [3.05, 3.63) is 71.8 Å². The summed E-state index contributed by atoms with van der Waals surface area (Å²) in [7, 11) is 0. The summed E-state index contributed by atoms with van der Waals surface area (Å²) >= 11 is 0. The second kappa shape index (κ2) is 10.5. The van der Waals surface area contributed by atoms with E-state index in [9.17, 15) is 9.59 Å². The lowest BCUT2D eigenvalue weighted by atomic mass is 9.97. The molecule has 29 heavy (non-hydrogen) atoms. The molecule has 0 radical (unpaired) electrons. The van der Waals surface area contributed by atoms with Crippen LogP contribution in [0.3, 0.4) is 0 Å². The van der Waals surface area contributed by atoms with Crippen molar-refractivity contribution in [2.75, 3.05) is 19.7 Å². The van der Waals surface area contributed by atoms with Crippen molar-refractivity contribution in [1.82, 2.24) is 4.90 Å². The Labute approximate surface area is 171 Å². The van der Waals surface area contributed by atoms with Crippen LogP contribution in [0.1, 0.15) is 30.9 Å². The van der Waals surface area contributed by atoms with E-state index >= 15 is 0 Å². The number of benzene rings is 2. The summed E-state index contributed by atoms with van der Waals surface area (Å²) in [4.78, 5) is 26.1. The largest absolute Gasteiger partial charge is 0.489 e. The highest BCUT2D eigenvalue weighted by atomic mass is 16.5. The molecule has 0 spiro atoms. The molecule has 1 amide bonds. The van der Waals surface area contributed by atoms with Crippen LogP contribution >= 0.6 is 0 Å². The van der Waals surface area contributed by atoms with Gasteiger partial charge in [-0.2, -0.15) is 0 Å². The number of esters is 1. The highest BCUT2D eigenvalue weighted by molar-refractivity contribution is 5.92. The fourth-order valence-corrected chi connectivity index (χ4v) is 3.32. The van der Waals surface area contributed by atoms with E-state index < -0.39 is 0 Å². The molecule has 1 aliphatic heterocycles. The number of amides is 1. The van der Waals surface area contributed by atoms with E-state index in [1.54, 1.807) is 17.1 Å². The van der Waals surface area contributed by atoms with Gasteiger partial charge in [0.25, 0.3) is 0 Å². The maximum atomic E-state index is 12.5. The smallest absolute Gasteiger partial charge is 0.309 e. The fourth-order valence-electron chi connectivity index (χ4n) is 3.32. The van der Waals surface area contributed by atoms with Gasteiger partial charge in [-0.1, -0.05) is 42.5 Å². The third kappa shape index (κ3) is 6.21. The van der Waals surface area contributed by atoms with E-state index in [1.807, 2.05) is 61.5 Å². The molecule has 0 unspecified atom stereocenters. The van der Waals surface area contributed by atoms with Crippen LogP contribution in [0.25, 0.3) is 6.08 Å². The van der Waals surface area contributed by atoms with E-state index in [4.69, 9.17) is 9.47 Å². The zero-order valence-electron chi connectivity index (χ0n) is 16.8. The van der Waals surface area contributed by atoms with E-state index in [-0.39, 0.29) is 17.8 Å². The van der Waals surface area contributed by atoms with Crippen molar-refractivity contribution in [3.8, 4) is 5.75 Å². The Balaban J connectivity index is 1.51. The minimum Gasteiger partial charge on any atom is -0.489 e. The second-order valence-electron chi connectivity index (χ2n) is 7.03. The highest BCUT2D eigenvalue weighted by Gasteiger charge is 2.27. The lowest BCUT2D eigenvalue weighted by Crippen LogP contribution is -2.39. The van der Waals surface area contributed by atoms with Crippen LogP contribution in [0, 0.1) is 5.92 Å². The Hall–Kier alpha value is -3.08. The van der Waals surface area contributed by atoms with Gasteiger partial charge in [-0.3, -0.25) is 9.59 Å². The molecule has 0 bridgehead atoms. The van der Waals surface area contributed by atoms with Gasteiger partial charge in [-0.25, -0.2) is 0 Å². The van der Waals surface area contributed by atoms with Gasteiger partial charge in [-0.05, 0) is 49.1 Å². The molecule has 5 heteroatoms. The third-order valence-electron chi connectivity index (χ3n) is 4.95. The first-order chi connectivity index (χ1) is 14.2. The van der Waals surface area contributed by atoms with Gasteiger partial charge in [0.15, 0.2) is 0 Å².